The largest absolute Gasteiger partial charge is 0.384 e. The van der Waals surface area contributed by atoms with Crippen LogP contribution >= 0.6 is 11.8 Å². The van der Waals surface area contributed by atoms with E-state index in [1.807, 2.05) is 0 Å². The number of aromatic nitrogens is 2. The van der Waals surface area contributed by atoms with E-state index >= 15 is 0 Å². The molecular weight excluding hydrogens is 228 g/mol. The second kappa shape index (κ2) is 4.09. The minimum Gasteiger partial charge on any atom is -0.384 e. The van der Waals surface area contributed by atoms with Crippen LogP contribution in [0.2, 0.25) is 0 Å². The molecule has 0 atom stereocenters. The fourth-order valence-electron chi connectivity index (χ4n) is 1.40. The second-order valence-electron chi connectivity index (χ2n) is 3.38. The van der Waals surface area contributed by atoms with Crippen molar-refractivity contribution in [2.45, 2.75) is 13.5 Å². The van der Waals surface area contributed by atoms with Crippen LogP contribution in [0.15, 0.2) is 6.07 Å². The molecule has 1 saturated heterocycles. The summed E-state index contributed by atoms with van der Waals surface area (Å²) in [6.07, 6.45) is 0. The molecule has 0 radical (unpaired) electrons. The maximum absolute atomic E-state index is 11.4. The van der Waals surface area contributed by atoms with E-state index in [0.29, 0.717) is 17.3 Å². The van der Waals surface area contributed by atoms with Crippen LogP contribution in [0, 0.1) is 6.92 Å². The van der Waals surface area contributed by atoms with Gasteiger partial charge in [-0.3, -0.25) is 14.5 Å². The molecule has 84 valence electrons. The van der Waals surface area contributed by atoms with E-state index in [9.17, 15) is 9.59 Å². The summed E-state index contributed by atoms with van der Waals surface area (Å²) >= 11 is 0.992. The van der Waals surface area contributed by atoms with E-state index in [1.54, 1.807) is 13.0 Å². The van der Waals surface area contributed by atoms with Crippen molar-refractivity contribution in [3.05, 3.63) is 17.6 Å². The van der Waals surface area contributed by atoms with Crippen LogP contribution < -0.4 is 5.73 Å². The van der Waals surface area contributed by atoms with Crippen LogP contribution in [-0.4, -0.2) is 31.8 Å². The number of thioether (sulfide) groups is 1. The highest BCUT2D eigenvalue weighted by Gasteiger charge is 2.30. The Labute approximate surface area is 96.2 Å². The van der Waals surface area contributed by atoms with E-state index in [0.717, 1.165) is 16.7 Å². The minimum atomic E-state index is -0.256. The molecule has 0 spiro atoms. The monoisotopic (exact) mass is 238 g/mol. The molecule has 1 aromatic rings. The van der Waals surface area contributed by atoms with Gasteiger partial charge >= 0.3 is 0 Å². The molecule has 0 saturated carbocycles. The zero-order valence-electron chi connectivity index (χ0n) is 8.64. The number of anilines is 1. The fraction of sp³-hybridized carbons (Fsp3) is 0.333. The normalized spacial score (nSPS) is 15.9. The Morgan fingerprint density at radius 3 is 2.81 bits per heavy atom. The van der Waals surface area contributed by atoms with Crippen LogP contribution in [0.25, 0.3) is 0 Å². The lowest BCUT2D eigenvalue weighted by molar-refractivity contribution is -0.125. The zero-order valence-corrected chi connectivity index (χ0v) is 9.45. The lowest BCUT2D eigenvalue weighted by Gasteiger charge is -2.11. The lowest BCUT2D eigenvalue weighted by atomic mass is 10.4. The number of nitrogen functional groups attached to an aromatic ring is 1. The minimum absolute atomic E-state index is 0.0938. The molecule has 1 aliphatic rings. The maximum atomic E-state index is 11.4. The Bertz CT molecular complexity index is 427. The molecule has 0 aliphatic carbocycles. The molecule has 2 amide bonds. The van der Waals surface area contributed by atoms with Crippen molar-refractivity contribution < 1.29 is 9.59 Å². The molecule has 0 aromatic carbocycles. The first-order valence-electron chi connectivity index (χ1n) is 4.63. The summed E-state index contributed by atoms with van der Waals surface area (Å²) in [5, 5.41) is -0.256. The van der Waals surface area contributed by atoms with Crippen LogP contribution in [0.1, 0.15) is 11.5 Å². The molecule has 1 fully saturated rings. The fourth-order valence-corrected chi connectivity index (χ4v) is 2.13. The first-order valence-corrected chi connectivity index (χ1v) is 5.62. The van der Waals surface area contributed by atoms with E-state index in [-0.39, 0.29) is 23.4 Å². The van der Waals surface area contributed by atoms with E-state index in [1.165, 1.54) is 0 Å². The number of hydrogen-bond donors (Lipinski definition) is 1. The predicted molar refractivity (Wildman–Crippen MR) is 59.6 cm³/mol. The topological polar surface area (TPSA) is 89.2 Å². The highest BCUT2D eigenvalue weighted by molar-refractivity contribution is 8.14. The van der Waals surface area contributed by atoms with Gasteiger partial charge in [0, 0.05) is 11.8 Å². The summed E-state index contributed by atoms with van der Waals surface area (Å²) in [5.41, 5.74) is 6.28. The Balaban J connectivity index is 2.20. The number of nitrogens with two attached hydrogens (primary N) is 1. The molecule has 16 heavy (non-hydrogen) atoms. The quantitative estimate of drug-likeness (QED) is 0.809. The highest BCUT2D eigenvalue weighted by Crippen LogP contribution is 2.20. The van der Waals surface area contributed by atoms with Crippen molar-refractivity contribution in [1.82, 2.24) is 14.9 Å². The van der Waals surface area contributed by atoms with Gasteiger partial charge in [-0.2, -0.15) is 0 Å². The first-order chi connectivity index (χ1) is 7.56. The Kier molecular flexibility index (Phi) is 2.78. The maximum Gasteiger partial charge on any atom is 0.289 e. The van der Waals surface area contributed by atoms with Gasteiger partial charge in [0.15, 0.2) is 5.82 Å². The van der Waals surface area contributed by atoms with Gasteiger partial charge in [-0.25, -0.2) is 9.97 Å². The molecule has 6 nitrogen and oxygen atoms in total. The number of nitrogens with zero attached hydrogens (tertiary/aromatic N) is 3. The summed E-state index contributed by atoms with van der Waals surface area (Å²) in [5.74, 6) is 0.717. The van der Waals surface area contributed by atoms with Crippen LogP contribution in [0.4, 0.5) is 10.6 Å². The van der Waals surface area contributed by atoms with Crippen molar-refractivity contribution in [3.8, 4) is 0 Å². The van der Waals surface area contributed by atoms with E-state index in [4.69, 9.17) is 5.73 Å². The van der Waals surface area contributed by atoms with Crippen molar-refractivity contribution in [1.29, 1.82) is 0 Å². The van der Waals surface area contributed by atoms with Gasteiger partial charge in [0.25, 0.3) is 5.24 Å². The molecule has 2 N–H and O–H groups in total. The summed E-state index contributed by atoms with van der Waals surface area (Å²) in [4.78, 5) is 31.9. The number of rotatable bonds is 2. The number of imide groups is 1. The van der Waals surface area contributed by atoms with Crippen molar-refractivity contribution in [2.24, 2.45) is 0 Å². The summed E-state index contributed by atoms with van der Waals surface area (Å²) in [7, 11) is 0. The first kappa shape index (κ1) is 10.9. The molecule has 7 heteroatoms. The smallest absolute Gasteiger partial charge is 0.289 e. The summed E-state index contributed by atoms with van der Waals surface area (Å²) in [6.45, 7) is 1.88. The Hall–Kier alpha value is -1.63. The van der Waals surface area contributed by atoms with Crippen LogP contribution in [0.3, 0.4) is 0 Å². The second-order valence-corrected chi connectivity index (χ2v) is 4.31. The Morgan fingerprint density at radius 1 is 1.50 bits per heavy atom. The van der Waals surface area contributed by atoms with Gasteiger partial charge in [0.1, 0.15) is 5.82 Å². The van der Waals surface area contributed by atoms with Gasteiger partial charge < -0.3 is 5.73 Å². The summed E-state index contributed by atoms with van der Waals surface area (Å²) in [6, 6.07) is 1.63. The predicted octanol–water partition coefficient (Wildman–Crippen LogP) is 0.563. The number of carbonyl (C=O) groups is 2. The van der Waals surface area contributed by atoms with Gasteiger partial charge in [0.2, 0.25) is 5.91 Å². The number of hydrogen-bond acceptors (Lipinski definition) is 6. The number of amides is 2. The third kappa shape index (κ3) is 2.13. The third-order valence-corrected chi connectivity index (χ3v) is 2.92. The molecule has 1 aliphatic heterocycles. The average Bonchev–Trinajstić information content (AvgIpc) is 2.48. The zero-order chi connectivity index (χ0) is 11.7. The molecule has 1 aromatic heterocycles. The van der Waals surface area contributed by atoms with Crippen LogP contribution in [0.5, 0.6) is 0 Å². The molecule has 0 bridgehead atoms. The molecular formula is C9H10N4O2S. The SMILES string of the molecule is Cc1cc(N)nc(CN2C(=O)CSC2=O)n1. The third-order valence-electron chi connectivity index (χ3n) is 2.06. The van der Waals surface area contributed by atoms with E-state index < -0.39 is 0 Å². The van der Waals surface area contributed by atoms with Crippen molar-refractivity contribution in [2.75, 3.05) is 11.5 Å². The summed E-state index contributed by atoms with van der Waals surface area (Å²) < 4.78 is 0. The molecule has 2 heterocycles. The number of aryl methyl sites for hydroxylation is 1. The standard InChI is InChI=1S/C9H10N4O2S/c1-5-2-6(10)12-7(11-5)3-13-8(14)4-16-9(13)15/h2H,3-4H2,1H3,(H2,10,11,12). The van der Waals surface area contributed by atoms with E-state index in [2.05, 4.69) is 9.97 Å². The Morgan fingerprint density at radius 2 is 2.25 bits per heavy atom. The lowest BCUT2D eigenvalue weighted by Crippen LogP contribution is -2.29. The van der Waals surface area contributed by atoms with Gasteiger partial charge in [-0.1, -0.05) is 11.8 Å². The van der Waals surface area contributed by atoms with Gasteiger partial charge in [-0.05, 0) is 6.92 Å². The van der Waals surface area contributed by atoms with Crippen LogP contribution in [-0.2, 0) is 11.3 Å². The van der Waals surface area contributed by atoms with Crippen molar-refractivity contribution in [3.63, 3.8) is 0 Å². The molecule has 2 rings (SSSR count). The molecule has 0 unspecified atom stereocenters. The van der Waals surface area contributed by atoms with Gasteiger partial charge in [0.05, 0.1) is 12.3 Å². The highest BCUT2D eigenvalue weighted by atomic mass is 32.2. The number of carbonyl (C=O) groups excluding carboxylic acids is 2. The average molecular weight is 238 g/mol. The van der Waals surface area contributed by atoms with Gasteiger partial charge in [-0.15, -0.1) is 0 Å². The van der Waals surface area contributed by atoms with Crippen molar-refractivity contribution >= 4 is 28.7 Å².